The first-order chi connectivity index (χ1) is 18.0. The van der Waals surface area contributed by atoms with Crippen LogP contribution in [0, 0.1) is 0 Å². The number of para-hydroxylation sites is 1. The second-order valence-corrected chi connectivity index (χ2v) is 12.1. The lowest BCUT2D eigenvalue weighted by molar-refractivity contribution is -0.140. The highest BCUT2D eigenvalue weighted by molar-refractivity contribution is 9.10. The molecule has 0 heterocycles. The summed E-state index contributed by atoms with van der Waals surface area (Å²) in [6.45, 7) is 1.51. The zero-order valence-corrected chi connectivity index (χ0v) is 24.8. The Hall–Kier alpha value is -2.59. The van der Waals surface area contributed by atoms with E-state index < -0.39 is 28.5 Å². The van der Waals surface area contributed by atoms with E-state index in [-0.39, 0.29) is 18.9 Å². The molecule has 0 radical (unpaired) electrons. The molecule has 0 spiro atoms. The Kier molecular flexibility index (Phi) is 10.6. The lowest BCUT2D eigenvalue weighted by Crippen LogP contribution is -2.53. The highest BCUT2D eigenvalue weighted by Gasteiger charge is 2.34. The summed E-state index contributed by atoms with van der Waals surface area (Å²) >= 11 is 16.3. The fourth-order valence-electron chi connectivity index (χ4n) is 3.95. The van der Waals surface area contributed by atoms with Crippen LogP contribution in [-0.2, 0) is 32.6 Å². The highest BCUT2D eigenvalue weighted by Crippen LogP contribution is 2.30. The molecule has 0 saturated carbocycles. The number of carbonyl (C=O) groups is 2. The van der Waals surface area contributed by atoms with Gasteiger partial charge in [-0.25, -0.2) is 8.42 Å². The van der Waals surface area contributed by atoms with Gasteiger partial charge in [-0.3, -0.25) is 13.9 Å². The third-order valence-corrected chi connectivity index (χ3v) is 8.32. The quantitative estimate of drug-likeness (QED) is 0.308. The number of halogens is 3. The molecule has 0 aliphatic heterocycles. The molecular weight excluding hydrogens is 613 g/mol. The summed E-state index contributed by atoms with van der Waals surface area (Å²) in [6.07, 6.45) is 1.23. The molecule has 3 aromatic rings. The summed E-state index contributed by atoms with van der Waals surface area (Å²) in [5, 5.41) is 3.46. The van der Waals surface area contributed by atoms with Crippen molar-refractivity contribution in [3.63, 3.8) is 0 Å². The third kappa shape index (κ3) is 7.72. The van der Waals surface area contributed by atoms with Crippen LogP contribution in [0.5, 0.6) is 0 Å². The van der Waals surface area contributed by atoms with Crippen molar-refractivity contribution in [2.24, 2.45) is 0 Å². The van der Waals surface area contributed by atoms with Crippen LogP contribution in [0.2, 0.25) is 10.0 Å². The van der Waals surface area contributed by atoms with Crippen molar-refractivity contribution in [2.45, 2.75) is 25.9 Å². The number of hydrogen-bond donors (Lipinski definition) is 1. The lowest BCUT2D eigenvalue weighted by atomic mass is 10.0. The predicted molar refractivity (Wildman–Crippen MR) is 156 cm³/mol. The van der Waals surface area contributed by atoms with Crippen molar-refractivity contribution in [3.05, 3.63) is 98.4 Å². The van der Waals surface area contributed by atoms with E-state index >= 15 is 0 Å². The maximum atomic E-state index is 14.0. The molecule has 11 heteroatoms. The Bertz CT molecular complexity index is 1370. The molecule has 1 N–H and O–H groups in total. The van der Waals surface area contributed by atoms with Crippen LogP contribution in [0.3, 0.4) is 0 Å². The van der Waals surface area contributed by atoms with Gasteiger partial charge in [0.1, 0.15) is 12.6 Å². The van der Waals surface area contributed by atoms with Crippen molar-refractivity contribution in [1.82, 2.24) is 10.2 Å². The summed E-state index contributed by atoms with van der Waals surface area (Å²) < 4.78 is 27.2. The van der Waals surface area contributed by atoms with Crippen LogP contribution in [-0.4, -0.2) is 50.5 Å². The minimum atomic E-state index is -3.87. The Balaban J connectivity index is 2.10. The zero-order valence-electron chi connectivity index (χ0n) is 20.9. The van der Waals surface area contributed by atoms with Gasteiger partial charge in [0.15, 0.2) is 0 Å². The molecule has 38 heavy (non-hydrogen) atoms. The molecule has 0 saturated heterocycles. The summed E-state index contributed by atoms with van der Waals surface area (Å²) in [7, 11) is -3.87. The number of anilines is 1. The van der Waals surface area contributed by atoms with E-state index in [1.165, 1.54) is 4.90 Å². The maximum absolute atomic E-state index is 14.0. The number of rotatable bonds is 11. The van der Waals surface area contributed by atoms with Crippen molar-refractivity contribution in [3.8, 4) is 0 Å². The number of sulfonamides is 1. The molecule has 1 atom stereocenters. The van der Waals surface area contributed by atoms with Crippen LogP contribution in [0.15, 0.2) is 77.3 Å². The van der Waals surface area contributed by atoms with Crippen molar-refractivity contribution in [2.75, 3.05) is 23.7 Å². The molecule has 0 fully saturated rings. The van der Waals surface area contributed by atoms with Crippen molar-refractivity contribution < 1.29 is 18.0 Å². The van der Waals surface area contributed by atoms with Crippen LogP contribution in [0.25, 0.3) is 0 Å². The van der Waals surface area contributed by atoms with Gasteiger partial charge in [-0.15, -0.1) is 0 Å². The van der Waals surface area contributed by atoms with E-state index in [9.17, 15) is 18.0 Å². The topological polar surface area (TPSA) is 86.8 Å². The Morgan fingerprint density at radius 1 is 0.947 bits per heavy atom. The van der Waals surface area contributed by atoms with E-state index in [2.05, 4.69) is 21.2 Å². The van der Waals surface area contributed by atoms with Crippen LogP contribution in [0.4, 0.5) is 5.69 Å². The van der Waals surface area contributed by atoms with Gasteiger partial charge in [-0.05, 0) is 52.7 Å². The molecular formula is C27H28BrCl2N3O4S. The van der Waals surface area contributed by atoms with Gasteiger partial charge in [-0.1, -0.05) is 71.7 Å². The number of amides is 2. The van der Waals surface area contributed by atoms with Crippen LogP contribution < -0.4 is 9.62 Å². The first-order valence-corrected chi connectivity index (χ1v) is 15.2. The maximum Gasteiger partial charge on any atom is 0.244 e. The van der Waals surface area contributed by atoms with Gasteiger partial charge in [0.2, 0.25) is 21.8 Å². The average Bonchev–Trinajstić information content (AvgIpc) is 2.86. The number of carbonyl (C=O) groups excluding carboxylic acids is 2. The van der Waals surface area contributed by atoms with Gasteiger partial charge in [0.05, 0.1) is 11.9 Å². The van der Waals surface area contributed by atoms with E-state index in [1.54, 1.807) is 49.4 Å². The molecule has 3 rings (SSSR count). The Morgan fingerprint density at radius 3 is 2.13 bits per heavy atom. The molecule has 0 bridgehead atoms. The average molecular weight is 641 g/mol. The molecule has 7 nitrogen and oxygen atoms in total. The standard InChI is InChI=1S/C27H28BrCl2N3O4S/c1-3-31-27(35)25(16-19-10-5-4-6-11-19)32(17-20-22(29)13-9-14-23(20)30)26(34)18-33(38(2,36)37)24-15-8-7-12-21(24)28/h4-15,25H,3,16-18H2,1-2H3,(H,31,35)/t25-/m1/s1. The smallest absolute Gasteiger partial charge is 0.244 e. The second kappa shape index (κ2) is 13.5. The molecule has 0 aliphatic carbocycles. The molecule has 0 aromatic heterocycles. The van der Waals surface area contributed by atoms with Gasteiger partial charge in [-0.2, -0.15) is 0 Å². The molecule has 202 valence electrons. The van der Waals surface area contributed by atoms with Crippen molar-refractivity contribution in [1.29, 1.82) is 0 Å². The normalized spacial score (nSPS) is 12.0. The van der Waals surface area contributed by atoms with E-state index in [0.29, 0.717) is 32.3 Å². The van der Waals surface area contributed by atoms with E-state index in [1.807, 2.05) is 30.3 Å². The first-order valence-electron chi connectivity index (χ1n) is 11.8. The van der Waals surface area contributed by atoms with E-state index in [4.69, 9.17) is 23.2 Å². The zero-order chi connectivity index (χ0) is 27.9. The van der Waals surface area contributed by atoms with Gasteiger partial charge < -0.3 is 10.2 Å². The minimum Gasteiger partial charge on any atom is -0.355 e. The molecule has 0 aliphatic rings. The summed E-state index contributed by atoms with van der Waals surface area (Å²) in [6, 6.07) is 20.0. The van der Waals surface area contributed by atoms with Crippen molar-refractivity contribution >= 4 is 66.7 Å². The fraction of sp³-hybridized carbons (Fsp3) is 0.259. The summed E-state index contributed by atoms with van der Waals surface area (Å²) in [5.41, 5.74) is 1.59. The van der Waals surface area contributed by atoms with E-state index in [0.717, 1.165) is 16.1 Å². The first kappa shape index (κ1) is 30.0. The van der Waals surface area contributed by atoms with Gasteiger partial charge in [0, 0.05) is 39.6 Å². The largest absolute Gasteiger partial charge is 0.355 e. The van der Waals surface area contributed by atoms with Crippen LogP contribution >= 0.6 is 39.1 Å². The number of nitrogens with one attached hydrogen (secondary N) is 1. The highest BCUT2D eigenvalue weighted by atomic mass is 79.9. The van der Waals surface area contributed by atoms with Crippen LogP contribution in [0.1, 0.15) is 18.1 Å². The molecule has 0 unspecified atom stereocenters. The number of benzene rings is 3. The predicted octanol–water partition coefficient (Wildman–Crippen LogP) is 5.30. The molecule has 2 amide bonds. The summed E-state index contributed by atoms with van der Waals surface area (Å²) in [5.74, 6) is -0.964. The third-order valence-electron chi connectivity index (χ3n) is 5.81. The van der Waals surface area contributed by atoms with Gasteiger partial charge in [0.25, 0.3) is 0 Å². The van der Waals surface area contributed by atoms with Gasteiger partial charge >= 0.3 is 0 Å². The monoisotopic (exact) mass is 639 g/mol. The molecule has 3 aromatic carbocycles. The number of hydrogen-bond acceptors (Lipinski definition) is 4. The SMILES string of the molecule is CCNC(=O)[C@@H](Cc1ccccc1)N(Cc1c(Cl)cccc1Cl)C(=O)CN(c1ccccc1Br)S(C)(=O)=O. The Labute approximate surface area is 241 Å². The second-order valence-electron chi connectivity index (χ2n) is 8.54. The number of nitrogens with zero attached hydrogens (tertiary/aromatic N) is 2. The Morgan fingerprint density at radius 2 is 1.55 bits per heavy atom. The minimum absolute atomic E-state index is 0.0977. The summed E-state index contributed by atoms with van der Waals surface area (Å²) in [4.78, 5) is 28.7. The fourth-order valence-corrected chi connectivity index (χ4v) is 5.94. The lowest BCUT2D eigenvalue weighted by Gasteiger charge is -2.34. The number of likely N-dealkylation sites (N-methyl/N-ethyl adjacent to an activating group) is 1.